The average Bonchev–Trinajstić information content (AvgIpc) is 2.76. The molecule has 0 atom stereocenters. The summed E-state index contributed by atoms with van der Waals surface area (Å²) in [6.07, 6.45) is 3.01. The Hall–Kier alpha value is -1.39. The van der Waals surface area contributed by atoms with Crippen LogP contribution in [0.15, 0.2) is 30.5 Å². The fraction of sp³-hybridized carbons (Fsp3) is 0.429. The molecule has 0 aliphatic rings. The lowest BCUT2D eigenvalue weighted by atomic mass is 10.2. The highest BCUT2D eigenvalue weighted by Crippen LogP contribution is 2.16. The van der Waals surface area contributed by atoms with Gasteiger partial charge in [-0.15, -0.1) is 0 Å². The van der Waals surface area contributed by atoms with Crippen LogP contribution in [-0.2, 0) is 11.3 Å². The van der Waals surface area contributed by atoms with Gasteiger partial charge in [0.25, 0.3) is 0 Å². The van der Waals surface area contributed by atoms with Crippen LogP contribution in [-0.4, -0.2) is 31.4 Å². The van der Waals surface area contributed by atoms with Gasteiger partial charge in [0, 0.05) is 33.0 Å². The third-order valence-corrected chi connectivity index (χ3v) is 2.97. The number of rotatable bonds is 7. The van der Waals surface area contributed by atoms with E-state index in [1.807, 2.05) is 18.3 Å². The molecular formula is C14H19FN2O. The van der Waals surface area contributed by atoms with Crippen LogP contribution < -0.4 is 5.32 Å². The molecule has 3 nitrogen and oxygen atoms in total. The van der Waals surface area contributed by atoms with Crippen LogP contribution in [0.5, 0.6) is 0 Å². The maximum atomic E-state index is 13.2. The third kappa shape index (κ3) is 3.31. The minimum absolute atomic E-state index is 0.185. The van der Waals surface area contributed by atoms with Gasteiger partial charge in [-0.25, -0.2) is 4.39 Å². The summed E-state index contributed by atoms with van der Waals surface area (Å²) >= 11 is 0. The molecule has 0 spiro atoms. The van der Waals surface area contributed by atoms with Crippen molar-refractivity contribution in [3.63, 3.8) is 0 Å². The van der Waals surface area contributed by atoms with Gasteiger partial charge in [0.1, 0.15) is 5.82 Å². The topological polar surface area (TPSA) is 26.2 Å². The lowest BCUT2D eigenvalue weighted by molar-refractivity contribution is 0.194. The van der Waals surface area contributed by atoms with Crippen LogP contribution in [0, 0.1) is 5.82 Å². The van der Waals surface area contributed by atoms with Crippen molar-refractivity contribution in [1.29, 1.82) is 0 Å². The molecule has 1 aromatic carbocycles. The highest BCUT2D eigenvalue weighted by Gasteiger charge is 2.01. The highest BCUT2D eigenvalue weighted by atomic mass is 19.1. The van der Waals surface area contributed by atoms with E-state index in [0.717, 1.165) is 43.6 Å². The Morgan fingerprint density at radius 1 is 1.28 bits per heavy atom. The summed E-state index contributed by atoms with van der Waals surface area (Å²) in [5.41, 5.74) is 0.952. The summed E-state index contributed by atoms with van der Waals surface area (Å²) in [5.74, 6) is -0.185. The van der Waals surface area contributed by atoms with E-state index in [1.54, 1.807) is 13.2 Å². The van der Waals surface area contributed by atoms with Crippen LogP contribution in [0.3, 0.4) is 0 Å². The molecule has 0 radical (unpaired) electrons. The van der Waals surface area contributed by atoms with Crippen molar-refractivity contribution in [2.45, 2.75) is 13.0 Å². The number of aromatic nitrogens is 1. The molecule has 0 saturated heterocycles. The summed E-state index contributed by atoms with van der Waals surface area (Å²) < 4.78 is 20.2. The predicted molar refractivity (Wildman–Crippen MR) is 71.3 cm³/mol. The standard InChI is InChI=1S/C14H19FN2O/c1-18-10-2-6-16-7-9-17-8-5-12-3-4-13(15)11-14(12)17/h3-5,8,11,16H,2,6-7,9-10H2,1H3. The van der Waals surface area contributed by atoms with Gasteiger partial charge in [0.05, 0.1) is 5.52 Å². The molecule has 18 heavy (non-hydrogen) atoms. The number of nitrogens with one attached hydrogen (secondary N) is 1. The van der Waals surface area contributed by atoms with Crippen LogP contribution in [0.1, 0.15) is 6.42 Å². The van der Waals surface area contributed by atoms with Crippen molar-refractivity contribution in [3.05, 3.63) is 36.3 Å². The zero-order chi connectivity index (χ0) is 12.8. The minimum atomic E-state index is -0.185. The van der Waals surface area contributed by atoms with E-state index in [-0.39, 0.29) is 5.82 Å². The SMILES string of the molecule is COCCCNCCn1ccc2ccc(F)cc21. The quantitative estimate of drug-likeness (QED) is 0.764. The number of halogens is 1. The van der Waals surface area contributed by atoms with E-state index < -0.39 is 0 Å². The second-order valence-electron chi connectivity index (χ2n) is 4.31. The number of nitrogens with zero attached hydrogens (tertiary/aromatic N) is 1. The monoisotopic (exact) mass is 250 g/mol. The molecule has 2 rings (SSSR count). The molecule has 1 aromatic heterocycles. The number of ether oxygens (including phenoxy) is 1. The number of methoxy groups -OCH3 is 1. The zero-order valence-corrected chi connectivity index (χ0v) is 10.7. The van der Waals surface area contributed by atoms with Gasteiger partial charge < -0.3 is 14.6 Å². The lowest BCUT2D eigenvalue weighted by Crippen LogP contribution is -2.21. The average molecular weight is 250 g/mol. The van der Waals surface area contributed by atoms with Gasteiger partial charge in [-0.05, 0) is 42.6 Å². The summed E-state index contributed by atoms with van der Waals surface area (Å²) in [7, 11) is 1.71. The first-order valence-electron chi connectivity index (χ1n) is 6.25. The van der Waals surface area contributed by atoms with E-state index in [1.165, 1.54) is 6.07 Å². The van der Waals surface area contributed by atoms with Crippen molar-refractivity contribution in [2.24, 2.45) is 0 Å². The van der Waals surface area contributed by atoms with Crippen molar-refractivity contribution in [3.8, 4) is 0 Å². The Morgan fingerprint density at radius 3 is 3.00 bits per heavy atom. The molecule has 0 aliphatic carbocycles. The van der Waals surface area contributed by atoms with E-state index in [2.05, 4.69) is 9.88 Å². The Balaban J connectivity index is 1.86. The third-order valence-electron chi connectivity index (χ3n) is 2.97. The summed E-state index contributed by atoms with van der Waals surface area (Å²) in [6, 6.07) is 6.91. The Labute approximate surface area is 107 Å². The predicted octanol–water partition coefficient (Wildman–Crippen LogP) is 2.41. The summed E-state index contributed by atoms with van der Waals surface area (Å²) in [5, 5.41) is 4.42. The lowest BCUT2D eigenvalue weighted by Gasteiger charge is -2.07. The summed E-state index contributed by atoms with van der Waals surface area (Å²) in [6.45, 7) is 3.45. The van der Waals surface area contributed by atoms with E-state index >= 15 is 0 Å². The number of fused-ring (bicyclic) bond motifs is 1. The molecule has 1 heterocycles. The van der Waals surface area contributed by atoms with Gasteiger partial charge >= 0.3 is 0 Å². The molecule has 0 saturated carbocycles. The molecular weight excluding hydrogens is 231 g/mol. The minimum Gasteiger partial charge on any atom is -0.385 e. The fourth-order valence-electron chi connectivity index (χ4n) is 2.02. The largest absolute Gasteiger partial charge is 0.385 e. The van der Waals surface area contributed by atoms with Crippen LogP contribution in [0.25, 0.3) is 10.9 Å². The normalized spacial score (nSPS) is 11.2. The van der Waals surface area contributed by atoms with Crippen molar-refractivity contribution >= 4 is 10.9 Å². The van der Waals surface area contributed by atoms with Gasteiger partial charge in [-0.2, -0.15) is 0 Å². The summed E-state index contributed by atoms with van der Waals surface area (Å²) in [4.78, 5) is 0. The molecule has 0 bridgehead atoms. The maximum Gasteiger partial charge on any atom is 0.125 e. The van der Waals surface area contributed by atoms with E-state index in [0.29, 0.717) is 0 Å². The van der Waals surface area contributed by atoms with E-state index in [4.69, 9.17) is 4.74 Å². The number of hydrogen-bond acceptors (Lipinski definition) is 2. The maximum absolute atomic E-state index is 13.2. The molecule has 1 N–H and O–H groups in total. The van der Waals surface area contributed by atoms with Gasteiger partial charge in [-0.3, -0.25) is 0 Å². The molecule has 0 amide bonds. The molecule has 0 unspecified atom stereocenters. The highest BCUT2D eigenvalue weighted by molar-refractivity contribution is 5.80. The Bertz CT molecular complexity index is 495. The molecule has 0 aliphatic heterocycles. The van der Waals surface area contributed by atoms with Crippen molar-refractivity contribution < 1.29 is 9.13 Å². The van der Waals surface area contributed by atoms with Crippen LogP contribution in [0.4, 0.5) is 4.39 Å². The van der Waals surface area contributed by atoms with Gasteiger partial charge in [-0.1, -0.05) is 0 Å². The first kappa shape index (κ1) is 13.1. The van der Waals surface area contributed by atoms with E-state index in [9.17, 15) is 4.39 Å². The first-order chi connectivity index (χ1) is 8.81. The van der Waals surface area contributed by atoms with Crippen LogP contribution in [0.2, 0.25) is 0 Å². The second-order valence-corrected chi connectivity index (χ2v) is 4.31. The molecule has 2 aromatic rings. The van der Waals surface area contributed by atoms with Gasteiger partial charge in [0.15, 0.2) is 0 Å². The zero-order valence-electron chi connectivity index (χ0n) is 10.7. The van der Waals surface area contributed by atoms with Crippen molar-refractivity contribution in [2.75, 3.05) is 26.8 Å². The second kappa shape index (κ2) is 6.52. The smallest absolute Gasteiger partial charge is 0.125 e. The van der Waals surface area contributed by atoms with Crippen LogP contribution >= 0.6 is 0 Å². The molecule has 4 heteroatoms. The van der Waals surface area contributed by atoms with Crippen molar-refractivity contribution in [1.82, 2.24) is 9.88 Å². The Morgan fingerprint density at radius 2 is 2.17 bits per heavy atom. The fourth-order valence-corrected chi connectivity index (χ4v) is 2.02. The van der Waals surface area contributed by atoms with Gasteiger partial charge in [0.2, 0.25) is 0 Å². The number of hydrogen-bond donors (Lipinski definition) is 1. The number of benzene rings is 1. The molecule has 0 fully saturated rings. The molecule has 98 valence electrons. The Kier molecular flexibility index (Phi) is 4.73. The first-order valence-corrected chi connectivity index (χ1v) is 6.25.